The van der Waals surface area contributed by atoms with E-state index in [1.807, 2.05) is 0 Å². The van der Waals surface area contributed by atoms with E-state index >= 15 is 0 Å². The minimum Gasteiger partial charge on any atom is -0.307 e. The average molecular weight is 310 g/mol. The highest BCUT2D eigenvalue weighted by atomic mass is 15.1. The van der Waals surface area contributed by atoms with Crippen LogP contribution < -0.4 is 0 Å². The van der Waals surface area contributed by atoms with Crippen molar-refractivity contribution in [2.24, 2.45) is 29.1 Å². The molecular formula is C21H43N. The molecule has 4 atom stereocenters. The Morgan fingerprint density at radius 3 is 1.64 bits per heavy atom. The van der Waals surface area contributed by atoms with E-state index in [1.54, 1.807) is 0 Å². The molecule has 0 aliphatic heterocycles. The van der Waals surface area contributed by atoms with Crippen LogP contribution >= 0.6 is 0 Å². The van der Waals surface area contributed by atoms with E-state index < -0.39 is 0 Å². The molecule has 1 aliphatic carbocycles. The lowest BCUT2D eigenvalue weighted by atomic mass is 9.55. The fourth-order valence-corrected chi connectivity index (χ4v) is 5.54. The van der Waals surface area contributed by atoms with Gasteiger partial charge in [-0.05, 0) is 69.4 Å². The van der Waals surface area contributed by atoms with Crippen molar-refractivity contribution in [2.75, 3.05) is 14.1 Å². The third kappa shape index (κ3) is 4.28. The first-order valence-electron chi connectivity index (χ1n) is 9.98. The van der Waals surface area contributed by atoms with Crippen molar-refractivity contribution < 1.29 is 0 Å². The maximum atomic E-state index is 2.58. The highest BCUT2D eigenvalue weighted by Gasteiger charge is 2.54. The van der Waals surface area contributed by atoms with Gasteiger partial charge in [-0.25, -0.2) is 0 Å². The van der Waals surface area contributed by atoms with Gasteiger partial charge in [0, 0.05) is 6.04 Å². The summed E-state index contributed by atoms with van der Waals surface area (Å²) in [6, 6.07) is 0.691. The zero-order chi connectivity index (χ0) is 16.9. The van der Waals surface area contributed by atoms with Gasteiger partial charge in [0.25, 0.3) is 0 Å². The lowest BCUT2D eigenvalue weighted by molar-refractivity contribution is -0.0222. The van der Waals surface area contributed by atoms with Crippen LogP contribution in [0.4, 0.5) is 0 Å². The molecule has 0 N–H and O–H groups in total. The van der Waals surface area contributed by atoms with Crippen molar-refractivity contribution in [3.63, 3.8) is 0 Å². The second-order valence-corrected chi connectivity index (χ2v) is 8.60. The zero-order valence-electron chi connectivity index (χ0n) is 16.8. The molecule has 1 heteroatoms. The van der Waals surface area contributed by atoms with Crippen LogP contribution in [0.25, 0.3) is 0 Å². The lowest BCUT2D eigenvalue weighted by Gasteiger charge is -2.51. The highest BCUT2D eigenvalue weighted by Crippen LogP contribution is 2.61. The molecule has 22 heavy (non-hydrogen) atoms. The summed E-state index contributed by atoms with van der Waals surface area (Å²) in [6.07, 6.45) is 9.82. The molecule has 1 nitrogen and oxygen atoms in total. The molecule has 1 rings (SSSR count). The number of hydrogen-bond donors (Lipinski definition) is 0. The third-order valence-corrected chi connectivity index (χ3v) is 6.86. The maximum Gasteiger partial charge on any atom is 0.00635 e. The van der Waals surface area contributed by atoms with Crippen LogP contribution in [0.3, 0.4) is 0 Å². The van der Waals surface area contributed by atoms with Crippen LogP contribution in [0.2, 0.25) is 0 Å². The summed E-state index contributed by atoms with van der Waals surface area (Å²) in [5, 5.41) is 0. The van der Waals surface area contributed by atoms with Gasteiger partial charge < -0.3 is 4.90 Å². The molecule has 0 bridgehead atoms. The Kier molecular flexibility index (Phi) is 7.92. The molecule has 0 saturated heterocycles. The predicted molar refractivity (Wildman–Crippen MR) is 100 cm³/mol. The summed E-state index contributed by atoms with van der Waals surface area (Å²) in [4.78, 5) is 2.41. The molecule has 1 saturated carbocycles. The van der Waals surface area contributed by atoms with E-state index in [-0.39, 0.29) is 0 Å². The molecule has 0 aromatic carbocycles. The van der Waals surface area contributed by atoms with E-state index in [0.717, 1.165) is 23.7 Å². The van der Waals surface area contributed by atoms with E-state index in [4.69, 9.17) is 0 Å². The van der Waals surface area contributed by atoms with Gasteiger partial charge in [0.2, 0.25) is 0 Å². The first-order chi connectivity index (χ1) is 10.3. The lowest BCUT2D eigenvalue weighted by Crippen LogP contribution is -2.45. The van der Waals surface area contributed by atoms with Gasteiger partial charge in [0.15, 0.2) is 0 Å². The zero-order valence-corrected chi connectivity index (χ0v) is 16.8. The molecule has 132 valence electrons. The number of hydrogen-bond acceptors (Lipinski definition) is 1. The predicted octanol–water partition coefficient (Wildman–Crippen LogP) is 6.23. The van der Waals surface area contributed by atoms with E-state index in [1.165, 1.54) is 44.9 Å². The largest absolute Gasteiger partial charge is 0.307 e. The summed E-state index contributed by atoms with van der Waals surface area (Å²) < 4.78 is 0. The fraction of sp³-hybridized carbons (Fsp3) is 1.00. The first kappa shape index (κ1) is 20.0. The van der Waals surface area contributed by atoms with E-state index in [0.29, 0.717) is 11.5 Å². The van der Waals surface area contributed by atoms with Crippen molar-refractivity contribution >= 4 is 0 Å². The molecule has 0 aromatic heterocycles. The fourth-order valence-electron chi connectivity index (χ4n) is 5.54. The smallest absolute Gasteiger partial charge is 0.00635 e. The van der Waals surface area contributed by atoms with Gasteiger partial charge in [-0.1, -0.05) is 60.3 Å². The minimum absolute atomic E-state index is 0.580. The molecule has 0 spiro atoms. The summed E-state index contributed by atoms with van der Waals surface area (Å²) in [5.74, 6) is 3.58. The van der Waals surface area contributed by atoms with Crippen molar-refractivity contribution in [2.45, 2.75) is 92.5 Å². The standard InChI is InChI=1S/C21H43N/c1-9-11-16(3)21(20-13-14-20,17(4)12-10-2)18(5)15-19(6)22(7)8/h16-20H,9-15H2,1-8H3. The Bertz CT molecular complexity index is 293. The maximum absolute atomic E-state index is 2.58. The van der Waals surface area contributed by atoms with Crippen LogP contribution in [-0.4, -0.2) is 25.0 Å². The Labute approximate surface area is 141 Å². The third-order valence-electron chi connectivity index (χ3n) is 6.86. The Morgan fingerprint density at radius 1 is 0.864 bits per heavy atom. The molecule has 4 unspecified atom stereocenters. The van der Waals surface area contributed by atoms with Crippen LogP contribution in [0.5, 0.6) is 0 Å². The van der Waals surface area contributed by atoms with Crippen LogP contribution in [0, 0.1) is 29.1 Å². The molecular weight excluding hydrogens is 266 g/mol. The highest BCUT2D eigenvalue weighted by molar-refractivity contribution is 5.03. The van der Waals surface area contributed by atoms with Gasteiger partial charge in [0.05, 0.1) is 0 Å². The average Bonchev–Trinajstić information content (AvgIpc) is 3.25. The molecule has 0 amide bonds. The van der Waals surface area contributed by atoms with Crippen molar-refractivity contribution in [3.05, 3.63) is 0 Å². The number of nitrogens with zero attached hydrogens (tertiary/aromatic N) is 1. The van der Waals surface area contributed by atoms with E-state index in [2.05, 4.69) is 60.5 Å². The van der Waals surface area contributed by atoms with Crippen molar-refractivity contribution in [1.29, 1.82) is 0 Å². The molecule has 1 fully saturated rings. The number of rotatable bonds is 11. The SMILES string of the molecule is CCCC(C)C(C(C)CCC)(C(C)CC(C)N(C)C)C1CC1. The summed E-state index contributed by atoms with van der Waals surface area (Å²) in [5.41, 5.74) is 0.580. The van der Waals surface area contributed by atoms with Gasteiger partial charge in [-0.2, -0.15) is 0 Å². The quantitative estimate of drug-likeness (QED) is 0.437. The topological polar surface area (TPSA) is 3.24 Å². The Morgan fingerprint density at radius 2 is 1.32 bits per heavy atom. The van der Waals surface area contributed by atoms with Crippen molar-refractivity contribution in [1.82, 2.24) is 4.90 Å². The Hall–Kier alpha value is -0.0400. The van der Waals surface area contributed by atoms with Crippen LogP contribution in [0.15, 0.2) is 0 Å². The Balaban J connectivity index is 3.06. The molecule has 1 aliphatic rings. The molecule has 0 radical (unpaired) electrons. The van der Waals surface area contributed by atoms with Crippen molar-refractivity contribution in [3.8, 4) is 0 Å². The monoisotopic (exact) mass is 309 g/mol. The van der Waals surface area contributed by atoms with Gasteiger partial charge in [-0.3, -0.25) is 0 Å². The van der Waals surface area contributed by atoms with E-state index in [9.17, 15) is 0 Å². The summed E-state index contributed by atoms with van der Waals surface area (Å²) in [6.45, 7) is 14.9. The van der Waals surface area contributed by atoms with Crippen LogP contribution in [0.1, 0.15) is 86.5 Å². The van der Waals surface area contributed by atoms with Gasteiger partial charge >= 0.3 is 0 Å². The minimum atomic E-state index is 0.580. The normalized spacial score (nSPS) is 23.9. The van der Waals surface area contributed by atoms with Gasteiger partial charge in [0.1, 0.15) is 0 Å². The summed E-state index contributed by atoms with van der Waals surface area (Å²) >= 11 is 0. The molecule has 0 aromatic rings. The first-order valence-corrected chi connectivity index (χ1v) is 9.98. The summed E-state index contributed by atoms with van der Waals surface area (Å²) in [7, 11) is 4.47. The van der Waals surface area contributed by atoms with Crippen LogP contribution in [-0.2, 0) is 0 Å². The molecule has 0 heterocycles. The van der Waals surface area contributed by atoms with Gasteiger partial charge in [-0.15, -0.1) is 0 Å². The second kappa shape index (κ2) is 8.71. The second-order valence-electron chi connectivity index (χ2n) is 8.60.